The number of rotatable bonds is 12. The molecule has 6 aromatic carbocycles. The van der Waals surface area contributed by atoms with Gasteiger partial charge in [0.15, 0.2) is 0 Å². The summed E-state index contributed by atoms with van der Waals surface area (Å²) in [7, 11) is 11.1. The first-order chi connectivity index (χ1) is 26.3. The SMILES string of the molecule is CCC(=O)N[B]NC(=O)CC.CCCc1cc2c(-c3ccccc3CC)cccc2[cH-]1.CCCc1cc2c(-c3ccccc3CC)cccc2[cH-]1.[Cl][Zr+2][Cl]. The summed E-state index contributed by atoms with van der Waals surface area (Å²) < 4.78 is 0. The normalized spacial score (nSPS) is 10.1. The number of aryl methyl sites for hydroxylation is 4. The second-order valence-corrected chi connectivity index (χ2v) is 16.7. The number of nitrogens with one attached hydrogen (secondary N) is 2. The molecule has 0 aliphatic heterocycles. The van der Waals surface area contributed by atoms with Gasteiger partial charge in [0.1, 0.15) is 0 Å². The Morgan fingerprint density at radius 2 is 0.944 bits per heavy atom. The molecule has 0 atom stereocenters. The summed E-state index contributed by atoms with van der Waals surface area (Å²) in [6.45, 7) is 12.4. The van der Waals surface area contributed by atoms with Gasteiger partial charge in [0.05, 0.1) is 0 Å². The van der Waals surface area contributed by atoms with Crippen LogP contribution in [0.1, 0.15) is 89.5 Å². The molecule has 0 fully saturated rings. The van der Waals surface area contributed by atoms with Crippen LogP contribution >= 0.6 is 17.0 Å². The molecule has 54 heavy (non-hydrogen) atoms. The van der Waals surface area contributed by atoms with E-state index in [4.69, 9.17) is 17.0 Å². The van der Waals surface area contributed by atoms with E-state index in [-0.39, 0.29) is 11.8 Å². The number of benzene rings is 4. The molecule has 0 unspecified atom stereocenters. The van der Waals surface area contributed by atoms with Gasteiger partial charge in [-0.2, -0.15) is 12.1 Å². The van der Waals surface area contributed by atoms with E-state index < -0.39 is 20.8 Å². The van der Waals surface area contributed by atoms with Gasteiger partial charge in [-0.15, -0.1) is 69.1 Å². The second-order valence-electron chi connectivity index (χ2n) is 12.9. The van der Waals surface area contributed by atoms with Gasteiger partial charge in [0.25, 0.3) is 0 Å². The molecule has 0 aliphatic carbocycles. The number of carbonyl (C=O) groups excluding carboxylic acids is 2. The maximum atomic E-state index is 10.6. The van der Waals surface area contributed by atoms with Crippen LogP contribution in [0.4, 0.5) is 0 Å². The summed E-state index contributed by atoms with van der Waals surface area (Å²) in [4.78, 5) is 21.2. The Kier molecular flexibility index (Phi) is 20.7. The number of carbonyl (C=O) groups is 2. The van der Waals surface area contributed by atoms with Crippen molar-refractivity contribution in [1.29, 1.82) is 0 Å². The van der Waals surface area contributed by atoms with Gasteiger partial charge in [-0.3, -0.25) is 9.59 Å². The molecule has 6 rings (SSSR count). The zero-order valence-corrected chi connectivity index (χ0v) is 36.7. The first-order valence-electron chi connectivity index (χ1n) is 19.2. The van der Waals surface area contributed by atoms with Crippen molar-refractivity contribution in [3.05, 3.63) is 131 Å². The molecule has 0 saturated heterocycles. The average molecular weight is 840 g/mol. The predicted octanol–water partition coefficient (Wildman–Crippen LogP) is 12.4. The van der Waals surface area contributed by atoms with Crippen LogP contribution in [0.3, 0.4) is 0 Å². The quantitative estimate of drug-likeness (QED) is 0.0953. The number of hydrogen-bond donors (Lipinski definition) is 2. The van der Waals surface area contributed by atoms with Crippen LogP contribution in [-0.2, 0) is 56.1 Å². The van der Waals surface area contributed by atoms with Crippen molar-refractivity contribution in [3.8, 4) is 22.3 Å². The molecule has 0 spiro atoms. The summed E-state index contributed by atoms with van der Waals surface area (Å²) in [5, 5.41) is 10.3. The van der Waals surface area contributed by atoms with Crippen molar-refractivity contribution in [2.24, 2.45) is 0 Å². The molecule has 0 aliphatic rings. The van der Waals surface area contributed by atoms with Crippen LogP contribution in [0.15, 0.2) is 109 Å². The zero-order chi connectivity index (χ0) is 39.3. The summed E-state index contributed by atoms with van der Waals surface area (Å²) in [5.74, 6) is -0.220. The van der Waals surface area contributed by atoms with E-state index in [1.807, 2.05) is 0 Å². The summed E-state index contributed by atoms with van der Waals surface area (Å²) in [6, 6.07) is 40.3. The zero-order valence-electron chi connectivity index (χ0n) is 32.7. The van der Waals surface area contributed by atoms with E-state index in [1.165, 1.54) is 99.3 Å². The fraction of sp³-hybridized carbons (Fsp3) is 0.304. The van der Waals surface area contributed by atoms with Crippen LogP contribution in [0.5, 0.6) is 0 Å². The van der Waals surface area contributed by atoms with Crippen LogP contribution in [0, 0.1) is 0 Å². The Hall–Kier alpha value is -3.43. The van der Waals surface area contributed by atoms with Crippen LogP contribution < -0.4 is 10.5 Å². The Morgan fingerprint density at radius 3 is 1.30 bits per heavy atom. The number of amides is 2. The number of fused-ring (bicyclic) bond motifs is 2. The number of halogens is 2. The van der Waals surface area contributed by atoms with Crippen molar-refractivity contribution in [1.82, 2.24) is 10.5 Å². The van der Waals surface area contributed by atoms with Crippen molar-refractivity contribution < 1.29 is 30.4 Å². The van der Waals surface area contributed by atoms with Crippen molar-refractivity contribution in [2.75, 3.05) is 0 Å². The Bertz CT molecular complexity index is 1890. The Balaban J connectivity index is 0.000000219. The van der Waals surface area contributed by atoms with Crippen LogP contribution in [-0.4, -0.2) is 19.4 Å². The van der Waals surface area contributed by atoms with Gasteiger partial charge < -0.3 is 10.5 Å². The van der Waals surface area contributed by atoms with Crippen LogP contribution in [0.25, 0.3) is 43.8 Å². The second kappa shape index (κ2) is 24.9. The van der Waals surface area contributed by atoms with Crippen molar-refractivity contribution in [2.45, 2.75) is 92.9 Å². The molecule has 4 nitrogen and oxygen atoms in total. The Labute approximate surface area is 343 Å². The number of hydrogen-bond acceptors (Lipinski definition) is 2. The van der Waals surface area contributed by atoms with Crippen molar-refractivity contribution in [3.63, 3.8) is 0 Å². The monoisotopic (exact) mass is 837 g/mol. The van der Waals surface area contributed by atoms with E-state index in [9.17, 15) is 9.59 Å². The van der Waals surface area contributed by atoms with E-state index in [2.05, 4.69) is 147 Å². The minimum absolute atomic E-state index is 0.110. The van der Waals surface area contributed by atoms with Gasteiger partial charge in [-0.05, 0) is 47.9 Å². The van der Waals surface area contributed by atoms with Crippen LogP contribution in [0.2, 0.25) is 0 Å². The van der Waals surface area contributed by atoms with E-state index in [0.29, 0.717) is 12.8 Å². The summed E-state index contributed by atoms with van der Waals surface area (Å²) >= 11 is -0.826. The molecular weight excluding hydrogens is 785 g/mol. The fourth-order valence-corrected chi connectivity index (χ4v) is 6.51. The first kappa shape index (κ1) is 45.0. The van der Waals surface area contributed by atoms with Gasteiger partial charge >= 0.3 is 45.4 Å². The molecule has 0 bridgehead atoms. The summed E-state index contributed by atoms with van der Waals surface area (Å²) in [5.41, 5.74) is 11.3. The molecule has 1 radical (unpaired) electrons. The van der Waals surface area contributed by atoms with E-state index in [1.54, 1.807) is 13.8 Å². The molecule has 2 N–H and O–H groups in total. The molecule has 281 valence electrons. The molecule has 0 saturated carbocycles. The third kappa shape index (κ3) is 13.4. The molecule has 0 aromatic heterocycles. The molecular formula is C46H54BCl2N2O2Zr. The predicted molar refractivity (Wildman–Crippen MR) is 231 cm³/mol. The van der Waals surface area contributed by atoms with Gasteiger partial charge in [-0.1, -0.05) is 126 Å². The van der Waals surface area contributed by atoms with Gasteiger partial charge in [0, 0.05) is 12.8 Å². The maximum absolute atomic E-state index is 10.6. The summed E-state index contributed by atoms with van der Waals surface area (Å²) in [6.07, 6.45) is 7.74. The van der Waals surface area contributed by atoms with Gasteiger partial charge in [0.2, 0.25) is 11.8 Å². The topological polar surface area (TPSA) is 58.2 Å². The standard InChI is InChI=1S/2C20H21.C6H12BN2O2.2ClH.Zr/c2*1-3-8-15-13-17-10-7-12-19(20(17)14-15)18-11-6-5-9-16(18)4-2;1-3-5(10)8-7-9-6(11)4-2;;;/h2*5-7,9-14H,3-4,8H2,1-2H3;3-4H2,1-2H3,(H,8,10)(H,9,11);2*1H;/q2*-1;;;;+4/p-2. The first-order valence-corrected chi connectivity index (χ1v) is 25.5. The molecule has 0 heterocycles. The average Bonchev–Trinajstić information content (AvgIpc) is 3.82. The molecule has 8 heteroatoms. The molecule has 6 aromatic rings. The van der Waals surface area contributed by atoms with Crippen molar-refractivity contribution >= 4 is 57.9 Å². The van der Waals surface area contributed by atoms with Gasteiger partial charge in [-0.25, -0.2) is 0 Å². The van der Waals surface area contributed by atoms with E-state index in [0.717, 1.165) is 12.8 Å². The minimum atomic E-state index is -0.826. The Morgan fingerprint density at radius 1 is 0.574 bits per heavy atom. The third-order valence-electron chi connectivity index (χ3n) is 9.18. The molecule has 2 amide bonds. The fourth-order valence-electron chi connectivity index (χ4n) is 6.51. The third-order valence-corrected chi connectivity index (χ3v) is 9.18. The van der Waals surface area contributed by atoms with E-state index >= 15 is 0 Å².